The first-order valence-corrected chi connectivity index (χ1v) is 4.11. The van der Waals surface area contributed by atoms with E-state index in [9.17, 15) is 4.79 Å². The van der Waals surface area contributed by atoms with Crippen LogP contribution in [0.25, 0.3) is 6.08 Å². The summed E-state index contributed by atoms with van der Waals surface area (Å²) in [4.78, 5) is 15.2. The molecular weight excluding hydrogens is 178 g/mol. The van der Waals surface area contributed by atoms with Gasteiger partial charge in [-0.05, 0) is 6.07 Å². The average Bonchev–Trinajstić information content (AvgIpc) is 2.25. The molecule has 0 fully saturated rings. The molecule has 1 heterocycles. The predicted molar refractivity (Wildman–Crippen MR) is 54.8 cm³/mol. The van der Waals surface area contributed by atoms with Crippen LogP contribution in [-0.4, -0.2) is 18.1 Å². The van der Waals surface area contributed by atoms with Crippen LogP contribution in [-0.2, 0) is 4.74 Å². The number of hydrogen-bond acceptors (Lipinski definition) is 3. The lowest BCUT2D eigenvalue weighted by molar-refractivity contribution is 0.0600. The molecule has 0 N–H and O–H groups in total. The smallest absolute Gasteiger partial charge is 0.338 e. The third kappa shape index (κ3) is 2.29. The van der Waals surface area contributed by atoms with Crippen LogP contribution in [0.2, 0.25) is 0 Å². The number of rotatable bonds is 3. The Balaban J connectivity index is 3.08. The molecule has 0 bridgehead atoms. The Morgan fingerprint density at radius 2 is 2.43 bits per heavy atom. The molecule has 3 nitrogen and oxygen atoms in total. The van der Waals surface area contributed by atoms with Crippen molar-refractivity contribution in [3.8, 4) is 0 Å². The normalized spacial score (nSPS) is 10.1. The summed E-state index contributed by atoms with van der Waals surface area (Å²) in [7, 11) is 1.35. The van der Waals surface area contributed by atoms with E-state index in [1.54, 1.807) is 36.7 Å². The second-order valence-corrected chi connectivity index (χ2v) is 2.55. The van der Waals surface area contributed by atoms with Crippen molar-refractivity contribution in [2.45, 2.75) is 0 Å². The SMILES string of the molecule is C=C/C=C/c1cnccc1C(=O)OC. The topological polar surface area (TPSA) is 39.2 Å². The Morgan fingerprint density at radius 1 is 1.64 bits per heavy atom. The van der Waals surface area contributed by atoms with Crippen molar-refractivity contribution < 1.29 is 9.53 Å². The molecule has 3 heteroatoms. The molecule has 1 aromatic heterocycles. The standard InChI is InChI=1S/C11H11NO2/c1-3-4-5-9-8-12-7-6-10(9)11(13)14-2/h3-8H,1H2,2H3/b5-4+. The molecule has 0 aliphatic heterocycles. The Kier molecular flexibility index (Phi) is 3.61. The summed E-state index contributed by atoms with van der Waals surface area (Å²) in [5.74, 6) is -0.365. The fourth-order valence-corrected chi connectivity index (χ4v) is 1.01. The predicted octanol–water partition coefficient (Wildman–Crippen LogP) is 2.07. The Labute approximate surface area is 82.7 Å². The summed E-state index contributed by atoms with van der Waals surface area (Å²) in [5.41, 5.74) is 1.22. The summed E-state index contributed by atoms with van der Waals surface area (Å²) in [6, 6.07) is 1.62. The van der Waals surface area contributed by atoms with Crippen LogP contribution in [0.5, 0.6) is 0 Å². The quantitative estimate of drug-likeness (QED) is 0.539. The van der Waals surface area contributed by atoms with Crippen LogP contribution >= 0.6 is 0 Å². The van der Waals surface area contributed by atoms with Crippen molar-refractivity contribution in [3.63, 3.8) is 0 Å². The van der Waals surface area contributed by atoms with Crippen LogP contribution in [0.4, 0.5) is 0 Å². The van der Waals surface area contributed by atoms with Crippen LogP contribution in [0.3, 0.4) is 0 Å². The third-order valence-corrected chi connectivity index (χ3v) is 1.67. The highest BCUT2D eigenvalue weighted by Crippen LogP contribution is 2.10. The van der Waals surface area contributed by atoms with Gasteiger partial charge >= 0.3 is 5.97 Å². The van der Waals surface area contributed by atoms with Gasteiger partial charge in [0.2, 0.25) is 0 Å². The highest BCUT2D eigenvalue weighted by Gasteiger charge is 2.08. The van der Waals surface area contributed by atoms with Crippen LogP contribution < -0.4 is 0 Å². The summed E-state index contributed by atoms with van der Waals surface area (Å²) < 4.78 is 4.63. The monoisotopic (exact) mass is 189 g/mol. The molecule has 0 aromatic carbocycles. The van der Waals surface area contributed by atoms with E-state index in [0.717, 1.165) is 5.56 Å². The maximum atomic E-state index is 11.3. The first-order valence-electron chi connectivity index (χ1n) is 4.11. The average molecular weight is 189 g/mol. The first-order chi connectivity index (χ1) is 6.79. The molecule has 0 atom stereocenters. The fourth-order valence-electron chi connectivity index (χ4n) is 1.01. The number of pyridine rings is 1. The summed E-state index contributed by atoms with van der Waals surface area (Å²) >= 11 is 0. The van der Waals surface area contributed by atoms with Crippen LogP contribution in [0.15, 0.2) is 37.2 Å². The van der Waals surface area contributed by atoms with E-state index in [1.807, 2.05) is 0 Å². The second-order valence-electron chi connectivity index (χ2n) is 2.55. The molecule has 1 rings (SSSR count). The van der Waals surface area contributed by atoms with Gasteiger partial charge in [-0.25, -0.2) is 4.79 Å². The van der Waals surface area contributed by atoms with Crippen molar-refractivity contribution in [2.24, 2.45) is 0 Å². The molecule has 0 radical (unpaired) electrons. The summed E-state index contributed by atoms with van der Waals surface area (Å²) in [6.07, 6.45) is 8.29. The van der Waals surface area contributed by atoms with Gasteiger partial charge in [0.15, 0.2) is 0 Å². The van der Waals surface area contributed by atoms with Crippen molar-refractivity contribution in [1.82, 2.24) is 4.98 Å². The van der Waals surface area contributed by atoms with Gasteiger partial charge in [-0.1, -0.05) is 24.8 Å². The summed E-state index contributed by atoms with van der Waals surface area (Å²) in [6.45, 7) is 3.55. The number of aromatic nitrogens is 1. The van der Waals surface area contributed by atoms with Gasteiger partial charge in [-0.2, -0.15) is 0 Å². The molecule has 0 aliphatic carbocycles. The number of carbonyl (C=O) groups excluding carboxylic acids is 1. The third-order valence-electron chi connectivity index (χ3n) is 1.67. The maximum Gasteiger partial charge on any atom is 0.338 e. The van der Waals surface area contributed by atoms with E-state index in [2.05, 4.69) is 16.3 Å². The zero-order chi connectivity index (χ0) is 10.4. The van der Waals surface area contributed by atoms with Gasteiger partial charge in [-0.3, -0.25) is 4.98 Å². The minimum absolute atomic E-state index is 0.365. The first kappa shape index (κ1) is 10.2. The van der Waals surface area contributed by atoms with Crippen molar-refractivity contribution in [3.05, 3.63) is 48.3 Å². The Morgan fingerprint density at radius 3 is 3.07 bits per heavy atom. The van der Waals surface area contributed by atoms with Gasteiger partial charge in [0.05, 0.1) is 12.7 Å². The van der Waals surface area contributed by atoms with E-state index >= 15 is 0 Å². The van der Waals surface area contributed by atoms with Crippen molar-refractivity contribution in [1.29, 1.82) is 0 Å². The zero-order valence-corrected chi connectivity index (χ0v) is 7.93. The molecule has 0 saturated carbocycles. The highest BCUT2D eigenvalue weighted by molar-refractivity contribution is 5.93. The van der Waals surface area contributed by atoms with Gasteiger partial charge < -0.3 is 4.74 Å². The van der Waals surface area contributed by atoms with E-state index in [0.29, 0.717) is 5.56 Å². The Hall–Kier alpha value is -1.90. The number of carbonyl (C=O) groups is 1. The molecule has 0 spiro atoms. The molecule has 72 valence electrons. The zero-order valence-electron chi connectivity index (χ0n) is 7.93. The van der Waals surface area contributed by atoms with E-state index in [-0.39, 0.29) is 5.97 Å². The molecule has 14 heavy (non-hydrogen) atoms. The molecular formula is C11H11NO2. The fraction of sp³-hybridized carbons (Fsp3) is 0.0909. The van der Waals surface area contributed by atoms with E-state index in [4.69, 9.17) is 0 Å². The largest absolute Gasteiger partial charge is 0.465 e. The lowest BCUT2D eigenvalue weighted by Gasteiger charge is -2.01. The minimum atomic E-state index is -0.365. The molecule has 0 aliphatic rings. The molecule has 0 amide bonds. The maximum absolute atomic E-state index is 11.3. The molecule has 0 saturated heterocycles. The van der Waals surface area contributed by atoms with Crippen LogP contribution in [0.1, 0.15) is 15.9 Å². The summed E-state index contributed by atoms with van der Waals surface area (Å²) in [5, 5.41) is 0. The minimum Gasteiger partial charge on any atom is -0.465 e. The molecule has 1 aromatic rings. The van der Waals surface area contributed by atoms with Crippen LogP contribution in [0, 0.1) is 0 Å². The Bertz CT molecular complexity index is 369. The lowest BCUT2D eigenvalue weighted by Crippen LogP contribution is -2.03. The number of allylic oxidation sites excluding steroid dienone is 2. The van der Waals surface area contributed by atoms with E-state index in [1.165, 1.54) is 7.11 Å². The van der Waals surface area contributed by atoms with Crippen molar-refractivity contribution >= 4 is 12.0 Å². The van der Waals surface area contributed by atoms with Gasteiger partial charge in [0, 0.05) is 18.0 Å². The van der Waals surface area contributed by atoms with E-state index < -0.39 is 0 Å². The lowest BCUT2D eigenvalue weighted by atomic mass is 10.1. The van der Waals surface area contributed by atoms with Crippen molar-refractivity contribution in [2.75, 3.05) is 7.11 Å². The molecule has 0 unspecified atom stereocenters. The number of esters is 1. The number of nitrogens with zero attached hydrogens (tertiary/aromatic N) is 1. The second kappa shape index (κ2) is 4.97. The number of ether oxygens (including phenoxy) is 1. The number of methoxy groups -OCH3 is 1. The highest BCUT2D eigenvalue weighted by atomic mass is 16.5. The van der Waals surface area contributed by atoms with Gasteiger partial charge in [0.1, 0.15) is 0 Å². The van der Waals surface area contributed by atoms with Gasteiger partial charge in [0.25, 0.3) is 0 Å². The number of hydrogen-bond donors (Lipinski definition) is 0. The van der Waals surface area contributed by atoms with Gasteiger partial charge in [-0.15, -0.1) is 0 Å².